The third kappa shape index (κ3) is 4.29. The van der Waals surface area contributed by atoms with Gasteiger partial charge in [0.1, 0.15) is 5.75 Å². The van der Waals surface area contributed by atoms with Gasteiger partial charge in [-0.2, -0.15) is 0 Å². The Morgan fingerprint density at radius 1 is 1.09 bits per heavy atom. The van der Waals surface area contributed by atoms with Crippen molar-refractivity contribution in [1.82, 2.24) is 5.32 Å². The van der Waals surface area contributed by atoms with Gasteiger partial charge in [-0.05, 0) is 42.3 Å². The first-order chi connectivity index (χ1) is 11.0. The van der Waals surface area contributed by atoms with Crippen molar-refractivity contribution in [3.05, 3.63) is 47.5 Å². The molecule has 0 aliphatic heterocycles. The monoisotopic (exact) mass is 316 g/mol. The molecule has 0 saturated heterocycles. The van der Waals surface area contributed by atoms with Gasteiger partial charge in [-0.1, -0.05) is 12.1 Å². The van der Waals surface area contributed by atoms with Gasteiger partial charge < -0.3 is 25.2 Å². The molecule has 0 atom stereocenters. The fourth-order valence-corrected chi connectivity index (χ4v) is 2.09. The molecule has 6 heteroatoms. The van der Waals surface area contributed by atoms with Gasteiger partial charge in [0.25, 0.3) is 0 Å². The molecule has 0 bridgehead atoms. The van der Waals surface area contributed by atoms with E-state index in [9.17, 15) is 9.90 Å². The van der Waals surface area contributed by atoms with Gasteiger partial charge >= 0.3 is 6.03 Å². The van der Waals surface area contributed by atoms with Crippen LogP contribution in [0, 0.1) is 6.92 Å². The first-order valence-electron chi connectivity index (χ1n) is 7.09. The van der Waals surface area contributed by atoms with Gasteiger partial charge in [-0.15, -0.1) is 0 Å². The normalized spacial score (nSPS) is 10.0. The predicted molar refractivity (Wildman–Crippen MR) is 88.2 cm³/mol. The Morgan fingerprint density at radius 2 is 1.83 bits per heavy atom. The number of methoxy groups -OCH3 is 2. The molecular formula is C17H20N2O4. The number of phenols is 1. The molecule has 2 aromatic carbocycles. The number of carbonyl (C=O) groups excluding carboxylic acids is 1. The Hall–Kier alpha value is -2.89. The number of anilines is 1. The van der Waals surface area contributed by atoms with Gasteiger partial charge in [0.15, 0.2) is 11.5 Å². The zero-order chi connectivity index (χ0) is 16.8. The highest BCUT2D eigenvalue weighted by molar-refractivity contribution is 5.90. The highest BCUT2D eigenvalue weighted by atomic mass is 16.5. The van der Waals surface area contributed by atoms with Gasteiger partial charge in [0.05, 0.1) is 19.9 Å². The quantitative estimate of drug-likeness (QED) is 0.741. The van der Waals surface area contributed by atoms with Gasteiger partial charge in [0, 0.05) is 6.54 Å². The summed E-state index contributed by atoms with van der Waals surface area (Å²) in [6.45, 7) is 2.20. The van der Waals surface area contributed by atoms with Gasteiger partial charge in [-0.3, -0.25) is 0 Å². The van der Waals surface area contributed by atoms with Crippen molar-refractivity contribution in [1.29, 1.82) is 0 Å². The fraction of sp³-hybridized carbons (Fsp3) is 0.235. The van der Waals surface area contributed by atoms with Crippen molar-refractivity contribution in [3.63, 3.8) is 0 Å². The number of aromatic hydroxyl groups is 1. The summed E-state index contributed by atoms with van der Waals surface area (Å²) >= 11 is 0. The third-order valence-corrected chi connectivity index (χ3v) is 3.30. The molecule has 2 rings (SSSR count). The molecule has 122 valence electrons. The molecule has 0 saturated carbocycles. The smallest absolute Gasteiger partial charge is 0.319 e. The van der Waals surface area contributed by atoms with E-state index >= 15 is 0 Å². The number of amides is 2. The largest absolute Gasteiger partial charge is 0.506 e. The molecule has 0 spiro atoms. The summed E-state index contributed by atoms with van der Waals surface area (Å²) in [6, 6.07) is 10.0. The summed E-state index contributed by atoms with van der Waals surface area (Å²) < 4.78 is 10.4. The van der Waals surface area contributed by atoms with Crippen LogP contribution < -0.4 is 20.1 Å². The molecule has 23 heavy (non-hydrogen) atoms. The maximum Gasteiger partial charge on any atom is 0.319 e. The van der Waals surface area contributed by atoms with Crippen molar-refractivity contribution in [2.24, 2.45) is 0 Å². The lowest BCUT2D eigenvalue weighted by Crippen LogP contribution is -2.28. The second kappa shape index (κ2) is 7.40. The van der Waals surface area contributed by atoms with Crippen LogP contribution in [0.4, 0.5) is 10.5 Å². The van der Waals surface area contributed by atoms with E-state index in [1.54, 1.807) is 44.6 Å². The number of hydrogen-bond acceptors (Lipinski definition) is 4. The second-order valence-electron chi connectivity index (χ2n) is 5.02. The Morgan fingerprint density at radius 3 is 2.52 bits per heavy atom. The lowest BCUT2D eigenvalue weighted by Gasteiger charge is -2.12. The van der Waals surface area contributed by atoms with Crippen LogP contribution in [-0.4, -0.2) is 25.4 Å². The number of aryl methyl sites for hydroxylation is 1. The number of phenolic OH excluding ortho intramolecular Hbond substituents is 1. The summed E-state index contributed by atoms with van der Waals surface area (Å²) in [5.74, 6) is 1.26. The molecule has 2 aromatic rings. The summed E-state index contributed by atoms with van der Waals surface area (Å²) in [7, 11) is 3.12. The van der Waals surface area contributed by atoms with E-state index < -0.39 is 6.03 Å². The van der Waals surface area contributed by atoms with Crippen molar-refractivity contribution < 1.29 is 19.4 Å². The Balaban J connectivity index is 1.98. The number of rotatable bonds is 5. The van der Waals surface area contributed by atoms with E-state index in [0.29, 0.717) is 23.7 Å². The summed E-state index contributed by atoms with van der Waals surface area (Å²) in [5.41, 5.74) is 2.18. The molecule has 0 aliphatic carbocycles. The number of benzene rings is 2. The van der Waals surface area contributed by atoms with Gasteiger partial charge in [0.2, 0.25) is 0 Å². The van der Waals surface area contributed by atoms with Crippen LogP contribution in [0.3, 0.4) is 0 Å². The van der Waals surface area contributed by atoms with Crippen molar-refractivity contribution in [3.8, 4) is 17.2 Å². The SMILES string of the molecule is COc1ccc(CNC(=O)Nc2cc(C)ccc2O)cc1OC. The molecule has 0 fully saturated rings. The average Bonchev–Trinajstić information content (AvgIpc) is 2.56. The summed E-state index contributed by atoms with van der Waals surface area (Å²) in [4.78, 5) is 11.9. The molecule has 2 amide bonds. The lowest BCUT2D eigenvalue weighted by atomic mass is 10.2. The minimum absolute atomic E-state index is 0.0249. The number of urea groups is 1. The first kappa shape index (κ1) is 16.5. The highest BCUT2D eigenvalue weighted by Gasteiger charge is 2.08. The molecule has 0 heterocycles. The van der Waals surface area contributed by atoms with E-state index in [1.807, 2.05) is 13.0 Å². The summed E-state index contributed by atoms with van der Waals surface area (Å²) in [6.07, 6.45) is 0. The van der Waals surface area contributed by atoms with E-state index in [4.69, 9.17) is 9.47 Å². The van der Waals surface area contributed by atoms with Crippen LogP contribution in [-0.2, 0) is 6.54 Å². The molecular weight excluding hydrogens is 296 g/mol. The van der Waals surface area contributed by atoms with Gasteiger partial charge in [-0.25, -0.2) is 4.79 Å². The molecule has 6 nitrogen and oxygen atoms in total. The van der Waals surface area contributed by atoms with Crippen molar-refractivity contribution >= 4 is 11.7 Å². The zero-order valence-corrected chi connectivity index (χ0v) is 13.3. The molecule has 0 aromatic heterocycles. The van der Waals surface area contributed by atoms with Crippen LogP contribution >= 0.6 is 0 Å². The van der Waals surface area contributed by atoms with E-state index in [2.05, 4.69) is 10.6 Å². The topological polar surface area (TPSA) is 79.8 Å². The molecule has 0 radical (unpaired) electrons. The standard InChI is InChI=1S/C17H20N2O4/c1-11-4-6-14(20)13(8-11)19-17(21)18-10-12-5-7-15(22-2)16(9-12)23-3/h4-9,20H,10H2,1-3H3,(H2,18,19,21). The van der Waals surface area contributed by atoms with Crippen LogP contribution in [0.15, 0.2) is 36.4 Å². The summed E-state index contributed by atoms with van der Waals surface area (Å²) in [5, 5.41) is 15.1. The average molecular weight is 316 g/mol. The predicted octanol–water partition coefficient (Wildman–Crippen LogP) is 3.04. The Kier molecular flexibility index (Phi) is 5.30. The van der Waals surface area contributed by atoms with E-state index in [0.717, 1.165) is 11.1 Å². The third-order valence-electron chi connectivity index (χ3n) is 3.30. The number of hydrogen-bond donors (Lipinski definition) is 3. The molecule has 0 unspecified atom stereocenters. The number of carbonyl (C=O) groups is 1. The van der Waals surface area contributed by atoms with Crippen LogP contribution in [0.5, 0.6) is 17.2 Å². The maximum atomic E-state index is 11.9. The highest BCUT2D eigenvalue weighted by Crippen LogP contribution is 2.27. The van der Waals surface area contributed by atoms with Crippen molar-refractivity contribution in [2.75, 3.05) is 19.5 Å². The minimum Gasteiger partial charge on any atom is -0.506 e. The minimum atomic E-state index is -0.402. The molecule has 0 aliphatic rings. The fourth-order valence-electron chi connectivity index (χ4n) is 2.09. The lowest BCUT2D eigenvalue weighted by molar-refractivity contribution is 0.251. The number of ether oxygens (including phenoxy) is 2. The molecule has 3 N–H and O–H groups in total. The van der Waals surface area contributed by atoms with Crippen LogP contribution in [0.1, 0.15) is 11.1 Å². The van der Waals surface area contributed by atoms with Crippen LogP contribution in [0.25, 0.3) is 0 Å². The zero-order valence-electron chi connectivity index (χ0n) is 13.3. The van der Waals surface area contributed by atoms with Crippen LogP contribution in [0.2, 0.25) is 0 Å². The van der Waals surface area contributed by atoms with E-state index in [-0.39, 0.29) is 5.75 Å². The van der Waals surface area contributed by atoms with E-state index in [1.165, 1.54) is 0 Å². The Bertz CT molecular complexity index is 701. The second-order valence-corrected chi connectivity index (χ2v) is 5.02. The Labute approximate surface area is 135 Å². The first-order valence-corrected chi connectivity index (χ1v) is 7.09. The number of nitrogens with one attached hydrogen (secondary N) is 2. The van der Waals surface area contributed by atoms with Crippen molar-refractivity contribution in [2.45, 2.75) is 13.5 Å². The maximum absolute atomic E-state index is 11.9.